The summed E-state index contributed by atoms with van der Waals surface area (Å²) in [7, 11) is 0. The second kappa shape index (κ2) is 9.24. The third-order valence-corrected chi connectivity index (χ3v) is 5.04. The van der Waals surface area contributed by atoms with Crippen molar-refractivity contribution in [3.63, 3.8) is 0 Å². The number of aromatic nitrogens is 1. The van der Waals surface area contributed by atoms with Crippen LogP contribution in [-0.4, -0.2) is 23.0 Å². The van der Waals surface area contributed by atoms with Gasteiger partial charge in [0.2, 0.25) is 5.88 Å². The number of nitrogens with one attached hydrogen (secondary N) is 1. The summed E-state index contributed by atoms with van der Waals surface area (Å²) in [5, 5.41) is 3.16. The number of benzene rings is 2. The second-order valence-corrected chi connectivity index (χ2v) is 7.14. The second-order valence-electron chi connectivity index (χ2n) is 7.14. The lowest BCUT2D eigenvalue weighted by molar-refractivity contribution is 0.0888. The summed E-state index contributed by atoms with van der Waals surface area (Å²) in [6.07, 6.45) is 5.42. The van der Waals surface area contributed by atoms with Crippen molar-refractivity contribution in [3.8, 4) is 17.4 Å². The molecule has 0 radical (unpaired) electrons. The molecule has 1 fully saturated rings. The fourth-order valence-electron chi connectivity index (χ4n) is 3.53. The standard InChI is InChI=1S/C24H24N2O3/c27-24(21-10-4-5-11-22(21)28-19-8-2-1-3-9-19)26-18-13-15-20(16-14-18)29-23-12-6-7-17-25-23/h1-12,17-18,20H,13-16H2,(H,26,27). The van der Waals surface area contributed by atoms with E-state index in [0.29, 0.717) is 22.9 Å². The summed E-state index contributed by atoms with van der Waals surface area (Å²) >= 11 is 0. The topological polar surface area (TPSA) is 60.5 Å². The van der Waals surface area contributed by atoms with E-state index >= 15 is 0 Å². The quantitative estimate of drug-likeness (QED) is 0.646. The molecule has 148 valence electrons. The van der Waals surface area contributed by atoms with E-state index in [9.17, 15) is 4.79 Å². The van der Waals surface area contributed by atoms with Gasteiger partial charge in [-0.3, -0.25) is 4.79 Å². The summed E-state index contributed by atoms with van der Waals surface area (Å²) < 4.78 is 11.9. The van der Waals surface area contributed by atoms with Crippen LogP contribution in [0.3, 0.4) is 0 Å². The molecule has 1 N–H and O–H groups in total. The molecule has 3 aromatic rings. The van der Waals surface area contributed by atoms with Gasteiger partial charge in [0.05, 0.1) is 5.56 Å². The molecule has 0 saturated heterocycles. The third-order valence-electron chi connectivity index (χ3n) is 5.04. The highest BCUT2D eigenvalue weighted by molar-refractivity contribution is 5.97. The van der Waals surface area contributed by atoms with Crippen molar-refractivity contribution in [2.75, 3.05) is 0 Å². The molecule has 1 aliphatic rings. The molecule has 29 heavy (non-hydrogen) atoms. The van der Waals surface area contributed by atoms with Gasteiger partial charge < -0.3 is 14.8 Å². The van der Waals surface area contributed by atoms with Crippen molar-refractivity contribution in [1.82, 2.24) is 10.3 Å². The Morgan fingerprint density at radius 1 is 0.862 bits per heavy atom. The van der Waals surface area contributed by atoms with Crippen LogP contribution in [0.5, 0.6) is 17.4 Å². The van der Waals surface area contributed by atoms with Gasteiger partial charge in [-0.1, -0.05) is 36.4 Å². The van der Waals surface area contributed by atoms with Crippen LogP contribution in [0.25, 0.3) is 0 Å². The van der Waals surface area contributed by atoms with E-state index in [1.165, 1.54) is 0 Å². The van der Waals surface area contributed by atoms with E-state index < -0.39 is 0 Å². The number of ether oxygens (including phenoxy) is 2. The van der Waals surface area contributed by atoms with Crippen LogP contribution in [0, 0.1) is 0 Å². The number of pyridine rings is 1. The van der Waals surface area contributed by atoms with Crippen LogP contribution < -0.4 is 14.8 Å². The molecule has 4 rings (SSSR count). The van der Waals surface area contributed by atoms with Gasteiger partial charge in [-0.25, -0.2) is 4.98 Å². The number of rotatable bonds is 6. The minimum Gasteiger partial charge on any atom is -0.474 e. The molecule has 1 heterocycles. The van der Waals surface area contributed by atoms with Crippen LogP contribution >= 0.6 is 0 Å². The summed E-state index contributed by atoms with van der Waals surface area (Å²) in [4.78, 5) is 17.1. The van der Waals surface area contributed by atoms with Gasteiger partial charge in [-0.2, -0.15) is 0 Å². The Morgan fingerprint density at radius 3 is 2.34 bits per heavy atom. The predicted molar refractivity (Wildman–Crippen MR) is 111 cm³/mol. The van der Waals surface area contributed by atoms with E-state index in [0.717, 1.165) is 25.7 Å². The third kappa shape index (κ3) is 5.13. The van der Waals surface area contributed by atoms with Gasteiger partial charge in [0.15, 0.2) is 0 Å². The molecule has 5 heteroatoms. The van der Waals surface area contributed by atoms with Gasteiger partial charge in [0.25, 0.3) is 5.91 Å². The molecule has 0 spiro atoms. The number of carbonyl (C=O) groups is 1. The first-order chi connectivity index (χ1) is 14.3. The molecule has 1 aliphatic carbocycles. The van der Waals surface area contributed by atoms with Gasteiger partial charge in [0.1, 0.15) is 17.6 Å². The van der Waals surface area contributed by atoms with Gasteiger partial charge in [0, 0.05) is 18.3 Å². The van der Waals surface area contributed by atoms with E-state index in [1.807, 2.05) is 66.7 Å². The highest BCUT2D eigenvalue weighted by atomic mass is 16.5. The Kier molecular flexibility index (Phi) is 6.05. The van der Waals surface area contributed by atoms with Crippen molar-refractivity contribution in [1.29, 1.82) is 0 Å². The zero-order chi connectivity index (χ0) is 19.9. The number of nitrogens with zero attached hydrogens (tertiary/aromatic N) is 1. The lowest BCUT2D eigenvalue weighted by Gasteiger charge is -2.29. The Balaban J connectivity index is 1.33. The smallest absolute Gasteiger partial charge is 0.255 e. The van der Waals surface area contributed by atoms with Crippen LogP contribution in [0.4, 0.5) is 0 Å². The summed E-state index contributed by atoms with van der Waals surface area (Å²) in [6.45, 7) is 0. The maximum absolute atomic E-state index is 12.9. The van der Waals surface area contributed by atoms with Gasteiger partial charge in [-0.15, -0.1) is 0 Å². The summed E-state index contributed by atoms with van der Waals surface area (Å²) in [5.74, 6) is 1.82. The minimum atomic E-state index is -0.106. The van der Waals surface area contributed by atoms with Crippen LogP contribution in [-0.2, 0) is 0 Å². The van der Waals surface area contributed by atoms with Crippen molar-refractivity contribution in [2.24, 2.45) is 0 Å². The lowest BCUT2D eigenvalue weighted by Crippen LogP contribution is -2.39. The predicted octanol–water partition coefficient (Wildman–Crippen LogP) is 4.99. The van der Waals surface area contributed by atoms with Crippen molar-refractivity contribution in [2.45, 2.75) is 37.8 Å². The molecule has 0 aliphatic heterocycles. The average molecular weight is 388 g/mol. The zero-order valence-corrected chi connectivity index (χ0v) is 16.2. The van der Waals surface area contributed by atoms with Gasteiger partial charge >= 0.3 is 0 Å². The van der Waals surface area contributed by atoms with Crippen LogP contribution in [0.2, 0.25) is 0 Å². The molecule has 1 amide bonds. The molecule has 0 unspecified atom stereocenters. The molecule has 1 aromatic heterocycles. The van der Waals surface area contributed by atoms with E-state index in [2.05, 4.69) is 10.3 Å². The molecule has 0 atom stereocenters. The normalized spacial score (nSPS) is 18.6. The fourth-order valence-corrected chi connectivity index (χ4v) is 3.53. The van der Waals surface area contributed by atoms with E-state index in [1.54, 1.807) is 12.3 Å². The summed E-state index contributed by atoms with van der Waals surface area (Å²) in [5.41, 5.74) is 0.545. The van der Waals surface area contributed by atoms with E-state index in [-0.39, 0.29) is 18.1 Å². The molecule has 2 aromatic carbocycles. The van der Waals surface area contributed by atoms with Crippen LogP contribution in [0.15, 0.2) is 79.0 Å². The average Bonchev–Trinajstić information content (AvgIpc) is 2.77. The first-order valence-corrected chi connectivity index (χ1v) is 9.98. The number of hydrogen-bond acceptors (Lipinski definition) is 4. The van der Waals surface area contributed by atoms with Crippen molar-refractivity contribution >= 4 is 5.91 Å². The van der Waals surface area contributed by atoms with Crippen molar-refractivity contribution < 1.29 is 14.3 Å². The Morgan fingerprint density at radius 2 is 1.59 bits per heavy atom. The Labute approximate surface area is 170 Å². The minimum absolute atomic E-state index is 0.106. The number of amides is 1. The monoisotopic (exact) mass is 388 g/mol. The first kappa shape index (κ1) is 19.0. The Hall–Kier alpha value is -3.34. The molecule has 5 nitrogen and oxygen atoms in total. The molecule has 0 bridgehead atoms. The highest BCUT2D eigenvalue weighted by Gasteiger charge is 2.25. The highest BCUT2D eigenvalue weighted by Crippen LogP contribution is 2.27. The number of hydrogen-bond donors (Lipinski definition) is 1. The summed E-state index contributed by atoms with van der Waals surface area (Å²) in [6, 6.07) is 22.6. The zero-order valence-electron chi connectivity index (χ0n) is 16.2. The molecule has 1 saturated carbocycles. The van der Waals surface area contributed by atoms with Crippen LogP contribution in [0.1, 0.15) is 36.0 Å². The number of carbonyl (C=O) groups excluding carboxylic acids is 1. The SMILES string of the molecule is O=C(NC1CCC(Oc2ccccn2)CC1)c1ccccc1Oc1ccccc1. The Bertz CT molecular complexity index is 923. The number of para-hydroxylation sites is 2. The fraction of sp³-hybridized carbons (Fsp3) is 0.250. The molecular formula is C24H24N2O3. The van der Waals surface area contributed by atoms with E-state index in [4.69, 9.17) is 9.47 Å². The largest absolute Gasteiger partial charge is 0.474 e. The van der Waals surface area contributed by atoms with Gasteiger partial charge in [-0.05, 0) is 56.0 Å². The van der Waals surface area contributed by atoms with Crippen molar-refractivity contribution in [3.05, 3.63) is 84.6 Å². The molecular weight excluding hydrogens is 364 g/mol. The first-order valence-electron chi connectivity index (χ1n) is 9.98. The maximum atomic E-state index is 12.9. The maximum Gasteiger partial charge on any atom is 0.255 e. The lowest BCUT2D eigenvalue weighted by atomic mass is 9.92.